The van der Waals surface area contributed by atoms with Crippen molar-refractivity contribution in [3.8, 4) is 11.5 Å². The molecular weight excluding hydrogens is 332 g/mol. The highest BCUT2D eigenvalue weighted by molar-refractivity contribution is 5.44. The van der Waals surface area contributed by atoms with Crippen molar-refractivity contribution in [2.75, 3.05) is 13.2 Å². The van der Waals surface area contributed by atoms with Gasteiger partial charge in [0.1, 0.15) is 13.2 Å². The third kappa shape index (κ3) is 4.51. The molecule has 3 aromatic rings. The number of benzene rings is 3. The number of ether oxygens (including phenoxy) is 2. The molecule has 0 amide bonds. The van der Waals surface area contributed by atoms with Gasteiger partial charge in [0.15, 0.2) is 11.5 Å². The molecule has 3 aromatic carbocycles. The van der Waals surface area contributed by atoms with Gasteiger partial charge >= 0.3 is 0 Å². The Labute approximate surface area is 161 Å². The van der Waals surface area contributed by atoms with Crippen molar-refractivity contribution < 1.29 is 9.47 Å². The summed E-state index contributed by atoms with van der Waals surface area (Å²) in [5.74, 6) is 2.22. The van der Waals surface area contributed by atoms with E-state index in [4.69, 9.17) is 9.47 Å². The first kappa shape index (κ1) is 17.7. The third-order valence-electron chi connectivity index (χ3n) is 5.26. The molecule has 2 heteroatoms. The van der Waals surface area contributed by atoms with E-state index in [1.807, 2.05) is 6.07 Å². The highest BCUT2D eigenvalue weighted by Gasteiger charge is 2.16. The predicted molar refractivity (Wildman–Crippen MR) is 110 cm³/mol. The van der Waals surface area contributed by atoms with Gasteiger partial charge < -0.3 is 9.47 Å². The zero-order valence-electron chi connectivity index (χ0n) is 15.9. The highest BCUT2D eigenvalue weighted by atomic mass is 16.6. The number of fused-ring (bicyclic) bond motifs is 1. The zero-order chi connectivity index (χ0) is 18.5. The van der Waals surface area contributed by atoms with Crippen LogP contribution in [-0.4, -0.2) is 13.2 Å². The first-order valence-electron chi connectivity index (χ1n) is 9.77. The Kier molecular flexibility index (Phi) is 5.43. The van der Waals surface area contributed by atoms with Gasteiger partial charge in [0.2, 0.25) is 0 Å². The van der Waals surface area contributed by atoms with Gasteiger partial charge in [0.05, 0.1) is 0 Å². The summed E-state index contributed by atoms with van der Waals surface area (Å²) in [6, 6.07) is 26.1. The molecule has 1 aliphatic rings. The van der Waals surface area contributed by atoms with Crippen LogP contribution in [0.15, 0.2) is 72.8 Å². The molecule has 0 unspecified atom stereocenters. The predicted octanol–water partition coefficient (Wildman–Crippen LogP) is 5.73. The maximum Gasteiger partial charge on any atom is 0.161 e. The third-order valence-corrected chi connectivity index (χ3v) is 5.26. The van der Waals surface area contributed by atoms with Crippen LogP contribution < -0.4 is 9.47 Å². The molecule has 0 radical (unpaired) electrons. The van der Waals surface area contributed by atoms with Gasteiger partial charge in [-0.1, -0.05) is 66.2 Å². The first-order valence-corrected chi connectivity index (χ1v) is 9.77. The molecule has 1 atom stereocenters. The van der Waals surface area contributed by atoms with Crippen molar-refractivity contribution in [2.24, 2.45) is 0 Å². The van der Waals surface area contributed by atoms with Crippen LogP contribution in [0.5, 0.6) is 11.5 Å². The first-order chi connectivity index (χ1) is 13.3. The van der Waals surface area contributed by atoms with Gasteiger partial charge in [-0.3, -0.25) is 0 Å². The second kappa shape index (κ2) is 8.30. The van der Waals surface area contributed by atoms with E-state index in [0.29, 0.717) is 19.1 Å². The maximum atomic E-state index is 5.77. The van der Waals surface area contributed by atoms with Crippen LogP contribution in [0.4, 0.5) is 0 Å². The number of hydrogen-bond acceptors (Lipinski definition) is 2. The Morgan fingerprint density at radius 2 is 1.52 bits per heavy atom. The van der Waals surface area contributed by atoms with E-state index in [-0.39, 0.29) is 0 Å². The Morgan fingerprint density at radius 1 is 0.778 bits per heavy atom. The Hall–Kier alpha value is -2.74. The molecule has 27 heavy (non-hydrogen) atoms. The normalized spacial score (nSPS) is 14.0. The van der Waals surface area contributed by atoms with Crippen LogP contribution in [0.1, 0.15) is 34.6 Å². The van der Waals surface area contributed by atoms with E-state index in [1.54, 1.807) is 0 Å². The smallest absolute Gasteiger partial charge is 0.161 e. The van der Waals surface area contributed by atoms with E-state index in [1.165, 1.54) is 22.3 Å². The van der Waals surface area contributed by atoms with Gasteiger partial charge in [0, 0.05) is 0 Å². The molecule has 4 rings (SSSR count). The Bertz CT molecular complexity index is 869. The monoisotopic (exact) mass is 358 g/mol. The number of rotatable bonds is 6. The molecule has 0 saturated heterocycles. The summed E-state index contributed by atoms with van der Waals surface area (Å²) in [7, 11) is 0. The fourth-order valence-electron chi connectivity index (χ4n) is 3.71. The summed E-state index contributed by atoms with van der Waals surface area (Å²) in [5, 5.41) is 0. The standard InChI is InChI=1S/C25H26O2/c1-19-7-11-22(12-8-19)23(13-9-20-5-3-2-4-6-20)17-21-10-14-24-25(18-21)27-16-15-26-24/h2-8,10-12,14,18,23H,9,13,15-17H2,1H3/t23-/m1/s1. The van der Waals surface area contributed by atoms with Crippen molar-refractivity contribution in [2.45, 2.75) is 32.1 Å². The molecule has 0 saturated carbocycles. The number of aryl methyl sites for hydroxylation is 2. The minimum Gasteiger partial charge on any atom is -0.486 e. The summed E-state index contributed by atoms with van der Waals surface area (Å²) in [6.45, 7) is 3.41. The fourth-order valence-corrected chi connectivity index (χ4v) is 3.71. The lowest BCUT2D eigenvalue weighted by atomic mass is 9.86. The second-order valence-corrected chi connectivity index (χ2v) is 7.31. The van der Waals surface area contributed by atoms with Crippen molar-refractivity contribution in [3.63, 3.8) is 0 Å². The molecule has 138 valence electrons. The zero-order valence-corrected chi connectivity index (χ0v) is 15.9. The quantitative estimate of drug-likeness (QED) is 0.560. The lowest BCUT2D eigenvalue weighted by molar-refractivity contribution is 0.171. The van der Waals surface area contributed by atoms with E-state index < -0.39 is 0 Å². The summed E-state index contributed by atoms with van der Waals surface area (Å²) < 4.78 is 11.4. The summed E-state index contributed by atoms with van der Waals surface area (Å²) in [5.41, 5.74) is 5.42. The van der Waals surface area contributed by atoms with Gasteiger partial charge in [-0.15, -0.1) is 0 Å². The SMILES string of the molecule is Cc1ccc([C@H](CCc2ccccc2)Cc2ccc3c(c2)OCCO3)cc1. The largest absolute Gasteiger partial charge is 0.486 e. The maximum absolute atomic E-state index is 5.77. The average molecular weight is 358 g/mol. The summed E-state index contributed by atoms with van der Waals surface area (Å²) in [4.78, 5) is 0. The van der Waals surface area contributed by atoms with Crippen molar-refractivity contribution in [1.29, 1.82) is 0 Å². The lowest BCUT2D eigenvalue weighted by Gasteiger charge is -2.21. The van der Waals surface area contributed by atoms with Crippen LogP contribution in [-0.2, 0) is 12.8 Å². The molecule has 0 bridgehead atoms. The van der Waals surface area contributed by atoms with E-state index in [9.17, 15) is 0 Å². The molecule has 2 nitrogen and oxygen atoms in total. The van der Waals surface area contributed by atoms with E-state index in [0.717, 1.165) is 30.8 Å². The van der Waals surface area contributed by atoms with Crippen molar-refractivity contribution in [3.05, 3.63) is 95.1 Å². The molecular formula is C25H26O2. The molecule has 1 heterocycles. The van der Waals surface area contributed by atoms with Crippen LogP contribution in [0, 0.1) is 6.92 Å². The molecule has 0 spiro atoms. The van der Waals surface area contributed by atoms with E-state index >= 15 is 0 Å². The summed E-state index contributed by atoms with van der Waals surface area (Å²) >= 11 is 0. The second-order valence-electron chi connectivity index (χ2n) is 7.31. The highest BCUT2D eigenvalue weighted by Crippen LogP contribution is 2.33. The van der Waals surface area contributed by atoms with E-state index in [2.05, 4.69) is 73.7 Å². The van der Waals surface area contributed by atoms with Crippen LogP contribution in [0.25, 0.3) is 0 Å². The number of hydrogen-bond donors (Lipinski definition) is 0. The summed E-state index contributed by atoms with van der Waals surface area (Å²) in [6.07, 6.45) is 3.22. The van der Waals surface area contributed by atoms with Gasteiger partial charge in [0.25, 0.3) is 0 Å². The molecule has 0 aromatic heterocycles. The minimum atomic E-state index is 0.480. The topological polar surface area (TPSA) is 18.5 Å². The Morgan fingerprint density at radius 3 is 2.30 bits per heavy atom. The average Bonchev–Trinajstić information content (AvgIpc) is 2.72. The molecule has 0 aliphatic carbocycles. The minimum absolute atomic E-state index is 0.480. The lowest BCUT2D eigenvalue weighted by Crippen LogP contribution is -2.15. The van der Waals surface area contributed by atoms with Crippen LogP contribution >= 0.6 is 0 Å². The van der Waals surface area contributed by atoms with Gasteiger partial charge in [-0.05, 0) is 60.9 Å². The molecule has 0 fully saturated rings. The van der Waals surface area contributed by atoms with Crippen molar-refractivity contribution in [1.82, 2.24) is 0 Å². The van der Waals surface area contributed by atoms with Gasteiger partial charge in [-0.2, -0.15) is 0 Å². The molecule has 1 aliphatic heterocycles. The van der Waals surface area contributed by atoms with Crippen molar-refractivity contribution >= 4 is 0 Å². The Balaban J connectivity index is 1.54. The van der Waals surface area contributed by atoms with Crippen LogP contribution in [0.3, 0.4) is 0 Å². The molecule has 0 N–H and O–H groups in total. The fraction of sp³-hybridized carbons (Fsp3) is 0.280. The van der Waals surface area contributed by atoms with Gasteiger partial charge in [-0.25, -0.2) is 0 Å². The van der Waals surface area contributed by atoms with Crippen LogP contribution in [0.2, 0.25) is 0 Å².